The number of hydrogen-bond acceptors (Lipinski definition) is 6. The topological polar surface area (TPSA) is 90.4 Å². The van der Waals surface area contributed by atoms with Crippen LogP contribution in [0.4, 0.5) is 5.69 Å². The number of likely N-dealkylation sites (tertiary alicyclic amines) is 1. The van der Waals surface area contributed by atoms with Crippen LogP contribution in [0.25, 0.3) is 5.65 Å². The fourth-order valence-electron chi connectivity index (χ4n) is 3.39. The lowest BCUT2D eigenvalue weighted by Crippen LogP contribution is -2.34. The second-order valence-corrected chi connectivity index (χ2v) is 7.23. The van der Waals surface area contributed by atoms with Gasteiger partial charge in [0.25, 0.3) is 0 Å². The summed E-state index contributed by atoms with van der Waals surface area (Å²) < 4.78 is 1.81. The first-order valence-electron chi connectivity index (χ1n) is 10.2. The number of aryl methyl sites for hydroxylation is 1. The zero-order chi connectivity index (χ0) is 21.3. The Bertz CT molecular complexity index is 1010. The van der Waals surface area contributed by atoms with Gasteiger partial charge in [-0.1, -0.05) is 19.4 Å². The summed E-state index contributed by atoms with van der Waals surface area (Å²) in [5.41, 5.74) is 3.64. The monoisotopic (exact) mass is 405 g/mol. The zero-order valence-corrected chi connectivity index (χ0v) is 17.5. The van der Waals surface area contributed by atoms with Crippen LogP contribution >= 0.6 is 0 Å². The summed E-state index contributed by atoms with van der Waals surface area (Å²) in [6.07, 6.45) is 9.07. The number of fused-ring (bicyclic) bond motifs is 1. The van der Waals surface area contributed by atoms with Crippen LogP contribution in [-0.4, -0.2) is 57.1 Å². The molecule has 0 N–H and O–H groups in total. The summed E-state index contributed by atoms with van der Waals surface area (Å²) in [6, 6.07) is 9.68. The number of amides is 1. The fraction of sp³-hybridized carbons (Fsp3) is 0.409. The number of anilines is 1. The number of pyridine rings is 2. The fourth-order valence-corrected chi connectivity index (χ4v) is 3.39. The lowest BCUT2D eigenvalue weighted by Gasteiger charge is -2.23. The number of carbonyl (C=O) groups excluding carboxylic acids is 1. The van der Waals surface area contributed by atoms with Crippen LogP contribution in [0.2, 0.25) is 0 Å². The van der Waals surface area contributed by atoms with Gasteiger partial charge in [-0.15, -0.1) is 0 Å². The number of hydrogen-bond donors (Lipinski definition) is 0. The minimum atomic E-state index is 0.251. The van der Waals surface area contributed by atoms with Crippen LogP contribution in [0.15, 0.2) is 43.0 Å². The van der Waals surface area contributed by atoms with Crippen molar-refractivity contribution in [3.8, 4) is 6.07 Å². The van der Waals surface area contributed by atoms with Gasteiger partial charge in [-0.25, -0.2) is 14.5 Å². The van der Waals surface area contributed by atoms with Crippen molar-refractivity contribution < 1.29 is 4.79 Å². The first-order valence-corrected chi connectivity index (χ1v) is 10.2. The third kappa shape index (κ3) is 5.32. The summed E-state index contributed by atoms with van der Waals surface area (Å²) in [6.45, 7) is 4.56. The van der Waals surface area contributed by atoms with E-state index in [0.29, 0.717) is 12.1 Å². The first-order chi connectivity index (χ1) is 14.6. The SMILES string of the molecule is CCCc1cccn2ncnc12.CN(CCN1CCCC1=O)c1ccc(C#N)nc1. The maximum Gasteiger partial charge on any atom is 0.222 e. The third-order valence-electron chi connectivity index (χ3n) is 5.08. The first kappa shape index (κ1) is 21.2. The molecule has 1 aliphatic rings. The van der Waals surface area contributed by atoms with Crippen LogP contribution in [-0.2, 0) is 11.2 Å². The number of aromatic nitrogens is 4. The quantitative estimate of drug-likeness (QED) is 0.626. The van der Waals surface area contributed by atoms with E-state index >= 15 is 0 Å². The van der Waals surface area contributed by atoms with E-state index in [1.165, 1.54) is 5.56 Å². The van der Waals surface area contributed by atoms with Crippen molar-refractivity contribution in [3.05, 3.63) is 54.2 Å². The van der Waals surface area contributed by atoms with Crippen molar-refractivity contribution in [2.75, 3.05) is 31.6 Å². The number of rotatable bonds is 6. The van der Waals surface area contributed by atoms with E-state index in [0.717, 1.165) is 50.2 Å². The standard InChI is InChI=1S/C13H16N4O.C9H11N3/c1-16(7-8-17-6-2-3-13(17)18)12-5-4-11(9-14)15-10-12;1-2-4-8-5-3-6-12-9(8)10-7-11-12/h4-5,10H,2-3,6-8H2,1H3;3,5-7H,2,4H2,1H3. The van der Waals surface area contributed by atoms with E-state index in [4.69, 9.17) is 5.26 Å². The van der Waals surface area contributed by atoms with Crippen molar-refractivity contribution in [1.29, 1.82) is 5.26 Å². The Hall–Kier alpha value is -3.47. The summed E-state index contributed by atoms with van der Waals surface area (Å²) >= 11 is 0. The number of nitrogens with zero attached hydrogens (tertiary/aromatic N) is 7. The normalized spacial score (nSPS) is 13.1. The molecule has 1 amide bonds. The molecule has 1 saturated heterocycles. The Morgan fingerprint density at radius 3 is 2.80 bits per heavy atom. The Morgan fingerprint density at radius 1 is 1.27 bits per heavy atom. The van der Waals surface area contributed by atoms with Gasteiger partial charge in [0.15, 0.2) is 5.65 Å². The van der Waals surface area contributed by atoms with Crippen molar-refractivity contribution in [2.45, 2.75) is 32.6 Å². The Morgan fingerprint density at radius 2 is 2.13 bits per heavy atom. The van der Waals surface area contributed by atoms with Crippen molar-refractivity contribution in [3.63, 3.8) is 0 Å². The van der Waals surface area contributed by atoms with Gasteiger partial charge in [0.2, 0.25) is 5.91 Å². The molecule has 3 aromatic rings. The van der Waals surface area contributed by atoms with Crippen LogP contribution in [0.5, 0.6) is 0 Å². The maximum atomic E-state index is 11.5. The molecular formula is C22H27N7O. The van der Waals surface area contributed by atoms with Crippen LogP contribution in [0.1, 0.15) is 37.4 Å². The molecule has 1 aliphatic heterocycles. The molecule has 0 saturated carbocycles. The highest BCUT2D eigenvalue weighted by atomic mass is 16.2. The molecule has 30 heavy (non-hydrogen) atoms. The van der Waals surface area contributed by atoms with E-state index in [2.05, 4.69) is 28.1 Å². The highest BCUT2D eigenvalue weighted by molar-refractivity contribution is 5.78. The molecule has 156 valence electrons. The van der Waals surface area contributed by atoms with Crippen LogP contribution in [0.3, 0.4) is 0 Å². The minimum Gasteiger partial charge on any atom is -0.372 e. The van der Waals surface area contributed by atoms with Gasteiger partial charge in [0.1, 0.15) is 18.1 Å². The molecule has 0 radical (unpaired) electrons. The molecule has 1 fully saturated rings. The van der Waals surface area contributed by atoms with Crippen molar-refractivity contribution in [1.82, 2.24) is 24.5 Å². The van der Waals surface area contributed by atoms with Crippen LogP contribution in [0, 0.1) is 11.3 Å². The molecule has 0 aromatic carbocycles. The number of nitriles is 1. The molecule has 4 rings (SSSR count). The summed E-state index contributed by atoms with van der Waals surface area (Å²) in [4.78, 5) is 23.6. The largest absolute Gasteiger partial charge is 0.372 e. The van der Waals surface area contributed by atoms with E-state index in [9.17, 15) is 4.79 Å². The molecule has 3 aromatic heterocycles. The molecule has 8 nitrogen and oxygen atoms in total. The Balaban J connectivity index is 0.000000184. The van der Waals surface area contributed by atoms with Crippen LogP contribution < -0.4 is 4.90 Å². The smallest absolute Gasteiger partial charge is 0.222 e. The van der Waals surface area contributed by atoms with Gasteiger partial charge < -0.3 is 9.80 Å². The highest BCUT2D eigenvalue weighted by Crippen LogP contribution is 2.13. The van der Waals surface area contributed by atoms with Gasteiger partial charge >= 0.3 is 0 Å². The molecular weight excluding hydrogens is 378 g/mol. The van der Waals surface area contributed by atoms with E-state index in [1.807, 2.05) is 45.8 Å². The predicted molar refractivity (Wildman–Crippen MR) is 115 cm³/mol. The van der Waals surface area contributed by atoms with Gasteiger partial charge in [-0.2, -0.15) is 10.4 Å². The molecule has 0 spiro atoms. The predicted octanol–water partition coefficient (Wildman–Crippen LogP) is 2.69. The van der Waals surface area contributed by atoms with Gasteiger partial charge in [-0.05, 0) is 36.6 Å². The summed E-state index contributed by atoms with van der Waals surface area (Å²) in [5.74, 6) is 0.251. The Kier molecular flexibility index (Phi) is 7.33. The van der Waals surface area contributed by atoms with E-state index in [1.54, 1.807) is 18.6 Å². The molecule has 0 aliphatic carbocycles. The maximum absolute atomic E-state index is 11.5. The second-order valence-electron chi connectivity index (χ2n) is 7.23. The average Bonchev–Trinajstić information content (AvgIpc) is 3.42. The van der Waals surface area contributed by atoms with Gasteiger partial charge in [0, 0.05) is 39.3 Å². The molecule has 4 heterocycles. The lowest BCUT2D eigenvalue weighted by molar-refractivity contribution is -0.127. The summed E-state index contributed by atoms with van der Waals surface area (Å²) in [5, 5.41) is 12.7. The Labute approximate surface area is 176 Å². The van der Waals surface area contributed by atoms with Crippen molar-refractivity contribution in [2.24, 2.45) is 0 Å². The molecule has 8 heteroatoms. The molecule has 0 atom stereocenters. The van der Waals surface area contributed by atoms with Crippen molar-refractivity contribution >= 4 is 17.2 Å². The number of carbonyl (C=O) groups is 1. The van der Waals surface area contributed by atoms with Gasteiger partial charge in [0.05, 0.1) is 11.9 Å². The van der Waals surface area contributed by atoms with Gasteiger partial charge in [-0.3, -0.25) is 4.79 Å². The molecule has 0 bridgehead atoms. The summed E-state index contributed by atoms with van der Waals surface area (Å²) in [7, 11) is 1.96. The zero-order valence-electron chi connectivity index (χ0n) is 17.5. The minimum absolute atomic E-state index is 0.251. The van der Waals surface area contributed by atoms with E-state index in [-0.39, 0.29) is 5.91 Å². The highest BCUT2D eigenvalue weighted by Gasteiger charge is 2.19. The lowest BCUT2D eigenvalue weighted by atomic mass is 10.2. The second kappa shape index (κ2) is 10.3. The average molecular weight is 406 g/mol. The number of likely N-dealkylation sites (N-methyl/N-ethyl adjacent to an activating group) is 1. The third-order valence-corrected chi connectivity index (χ3v) is 5.08. The van der Waals surface area contributed by atoms with E-state index < -0.39 is 0 Å². The molecule has 0 unspecified atom stereocenters.